The molecule has 0 radical (unpaired) electrons. The summed E-state index contributed by atoms with van der Waals surface area (Å²) in [6.07, 6.45) is 5.57. The minimum absolute atomic E-state index is 0.0918. The van der Waals surface area contributed by atoms with E-state index in [1.165, 1.54) is 11.3 Å². The maximum absolute atomic E-state index is 12.9. The molecule has 3 rings (SSSR count). The third-order valence-corrected chi connectivity index (χ3v) is 5.00. The summed E-state index contributed by atoms with van der Waals surface area (Å²) in [5.74, 6) is -0.175. The molecule has 0 fully saturated rings. The van der Waals surface area contributed by atoms with Crippen molar-refractivity contribution in [3.8, 4) is 0 Å². The molecule has 28 heavy (non-hydrogen) atoms. The normalized spacial score (nSPS) is 11.8. The van der Waals surface area contributed by atoms with Crippen LogP contribution in [0.2, 0.25) is 0 Å². The zero-order valence-corrected chi connectivity index (χ0v) is 17.7. The van der Waals surface area contributed by atoms with Crippen LogP contribution in [0.3, 0.4) is 0 Å². The lowest BCUT2D eigenvalue weighted by Crippen LogP contribution is -2.26. The Balaban J connectivity index is 1.76. The highest BCUT2D eigenvalue weighted by atomic mass is 32.1. The molecule has 0 aliphatic rings. The third-order valence-electron chi connectivity index (χ3n) is 4.24. The maximum atomic E-state index is 12.9. The van der Waals surface area contributed by atoms with Crippen molar-refractivity contribution < 1.29 is 9.53 Å². The molecule has 1 N–H and O–H groups in total. The van der Waals surface area contributed by atoms with Gasteiger partial charge in [0.2, 0.25) is 0 Å². The molecular weight excluding hydrogens is 372 g/mol. The summed E-state index contributed by atoms with van der Waals surface area (Å²) >= 11 is 1.40. The standard InChI is InChI=1S/C21H26N4O2S/c1-14(2)27-21(4,5)18-13-28-20(23-18)24-19(26)17-10-15(3)11-25(17)12-16-6-8-22-9-7-16/h6-11,13-14H,12H2,1-5H3,(H,23,24,26). The molecule has 0 aromatic carbocycles. The van der Waals surface area contributed by atoms with E-state index in [1.54, 1.807) is 12.4 Å². The van der Waals surface area contributed by atoms with E-state index in [9.17, 15) is 4.79 Å². The van der Waals surface area contributed by atoms with Crippen LogP contribution in [0.25, 0.3) is 0 Å². The van der Waals surface area contributed by atoms with Gasteiger partial charge in [0.25, 0.3) is 5.91 Å². The molecule has 0 saturated heterocycles. The van der Waals surface area contributed by atoms with Crippen molar-refractivity contribution in [3.63, 3.8) is 0 Å². The van der Waals surface area contributed by atoms with Crippen molar-refractivity contribution in [2.45, 2.75) is 52.9 Å². The second-order valence-electron chi connectivity index (χ2n) is 7.55. The second kappa shape index (κ2) is 8.24. The van der Waals surface area contributed by atoms with Crippen LogP contribution in [0.5, 0.6) is 0 Å². The molecule has 0 unspecified atom stereocenters. The van der Waals surface area contributed by atoms with E-state index >= 15 is 0 Å². The van der Waals surface area contributed by atoms with Gasteiger partial charge >= 0.3 is 0 Å². The van der Waals surface area contributed by atoms with E-state index in [4.69, 9.17) is 4.74 Å². The van der Waals surface area contributed by atoms with Crippen molar-refractivity contribution >= 4 is 22.4 Å². The Morgan fingerprint density at radius 3 is 2.71 bits per heavy atom. The molecule has 0 aliphatic carbocycles. The average Bonchev–Trinajstić information content (AvgIpc) is 3.22. The first-order valence-electron chi connectivity index (χ1n) is 9.25. The van der Waals surface area contributed by atoms with Crippen LogP contribution in [0, 0.1) is 6.92 Å². The fraction of sp³-hybridized carbons (Fsp3) is 0.381. The molecule has 148 valence electrons. The predicted molar refractivity (Wildman–Crippen MR) is 112 cm³/mol. The SMILES string of the molecule is Cc1cc(C(=O)Nc2nc(C(C)(C)OC(C)C)cs2)n(Cc2ccncc2)c1. The number of rotatable bonds is 7. The number of thiazole rings is 1. The Hall–Kier alpha value is -2.51. The summed E-state index contributed by atoms with van der Waals surface area (Å²) < 4.78 is 7.88. The molecule has 0 spiro atoms. The van der Waals surface area contributed by atoms with E-state index in [-0.39, 0.29) is 12.0 Å². The molecule has 1 amide bonds. The van der Waals surface area contributed by atoms with Crippen LogP contribution in [0.15, 0.2) is 42.2 Å². The molecule has 0 atom stereocenters. The zero-order chi connectivity index (χ0) is 20.3. The number of anilines is 1. The second-order valence-corrected chi connectivity index (χ2v) is 8.41. The highest BCUT2D eigenvalue weighted by Crippen LogP contribution is 2.29. The van der Waals surface area contributed by atoms with Crippen molar-refractivity contribution in [3.05, 3.63) is 64.7 Å². The fourth-order valence-corrected chi connectivity index (χ4v) is 3.94. The molecule has 6 nitrogen and oxygen atoms in total. The van der Waals surface area contributed by atoms with Gasteiger partial charge in [0, 0.05) is 30.5 Å². The molecule has 3 aromatic heterocycles. The number of pyridine rings is 1. The van der Waals surface area contributed by atoms with E-state index in [0.717, 1.165) is 16.8 Å². The van der Waals surface area contributed by atoms with Crippen molar-refractivity contribution in [1.29, 1.82) is 0 Å². The Morgan fingerprint density at radius 1 is 1.32 bits per heavy atom. The van der Waals surface area contributed by atoms with Gasteiger partial charge in [0.05, 0.1) is 11.8 Å². The fourth-order valence-electron chi connectivity index (χ4n) is 3.08. The summed E-state index contributed by atoms with van der Waals surface area (Å²) in [6, 6.07) is 5.78. The number of hydrogen-bond acceptors (Lipinski definition) is 5. The van der Waals surface area contributed by atoms with Gasteiger partial charge < -0.3 is 9.30 Å². The van der Waals surface area contributed by atoms with Crippen molar-refractivity contribution in [2.24, 2.45) is 0 Å². The van der Waals surface area contributed by atoms with E-state index in [2.05, 4.69) is 15.3 Å². The van der Waals surface area contributed by atoms with Crippen LogP contribution in [-0.4, -0.2) is 26.5 Å². The number of carbonyl (C=O) groups excluding carboxylic acids is 1. The topological polar surface area (TPSA) is 69.0 Å². The summed E-state index contributed by atoms with van der Waals surface area (Å²) in [6.45, 7) is 10.5. The number of nitrogens with zero attached hydrogens (tertiary/aromatic N) is 3. The van der Waals surface area contributed by atoms with Crippen LogP contribution < -0.4 is 5.32 Å². The van der Waals surface area contributed by atoms with Crippen LogP contribution >= 0.6 is 11.3 Å². The minimum atomic E-state index is -0.508. The molecule has 0 bridgehead atoms. The lowest BCUT2D eigenvalue weighted by atomic mass is 10.1. The van der Waals surface area contributed by atoms with E-state index < -0.39 is 5.60 Å². The number of nitrogens with one attached hydrogen (secondary N) is 1. The average molecular weight is 399 g/mol. The highest BCUT2D eigenvalue weighted by Gasteiger charge is 2.26. The Kier molecular flexibility index (Phi) is 5.96. The maximum Gasteiger partial charge on any atom is 0.274 e. The molecule has 0 saturated carbocycles. The summed E-state index contributed by atoms with van der Waals surface area (Å²) in [5.41, 5.74) is 3.02. The summed E-state index contributed by atoms with van der Waals surface area (Å²) in [5, 5.41) is 5.42. The number of amides is 1. The van der Waals surface area contributed by atoms with E-state index in [1.807, 2.05) is 69.0 Å². The van der Waals surface area contributed by atoms with Crippen LogP contribution in [0.4, 0.5) is 5.13 Å². The monoisotopic (exact) mass is 398 g/mol. The lowest BCUT2D eigenvalue weighted by Gasteiger charge is -2.25. The van der Waals surface area contributed by atoms with Gasteiger partial charge in [-0.1, -0.05) is 0 Å². The van der Waals surface area contributed by atoms with Gasteiger partial charge in [0.15, 0.2) is 5.13 Å². The van der Waals surface area contributed by atoms with Crippen LogP contribution in [0.1, 0.15) is 55.0 Å². The first-order valence-corrected chi connectivity index (χ1v) is 10.1. The van der Waals surface area contributed by atoms with Crippen molar-refractivity contribution in [1.82, 2.24) is 14.5 Å². The number of aryl methyl sites for hydroxylation is 1. The number of carbonyl (C=O) groups is 1. The Bertz CT molecular complexity index is 944. The van der Waals surface area contributed by atoms with E-state index in [0.29, 0.717) is 17.4 Å². The molecule has 0 aliphatic heterocycles. The highest BCUT2D eigenvalue weighted by molar-refractivity contribution is 7.14. The van der Waals surface area contributed by atoms with Gasteiger partial charge in [-0.3, -0.25) is 15.1 Å². The van der Waals surface area contributed by atoms with Crippen LogP contribution in [-0.2, 0) is 16.9 Å². The first kappa shape index (κ1) is 20.2. The number of hydrogen-bond donors (Lipinski definition) is 1. The van der Waals surface area contributed by atoms with Crippen molar-refractivity contribution in [2.75, 3.05) is 5.32 Å². The Labute approximate surface area is 169 Å². The predicted octanol–water partition coefficient (Wildman–Crippen LogP) is 4.61. The molecule has 7 heteroatoms. The first-order chi connectivity index (χ1) is 13.2. The molecule has 3 aromatic rings. The molecule has 3 heterocycles. The lowest BCUT2D eigenvalue weighted by molar-refractivity contribution is -0.0623. The smallest absolute Gasteiger partial charge is 0.274 e. The summed E-state index contributed by atoms with van der Waals surface area (Å²) in [4.78, 5) is 21.5. The zero-order valence-electron chi connectivity index (χ0n) is 16.9. The van der Waals surface area contributed by atoms with Gasteiger partial charge in [-0.15, -0.1) is 11.3 Å². The summed E-state index contributed by atoms with van der Waals surface area (Å²) in [7, 11) is 0. The Morgan fingerprint density at radius 2 is 2.04 bits per heavy atom. The number of ether oxygens (including phenoxy) is 1. The largest absolute Gasteiger partial charge is 0.367 e. The van der Waals surface area contributed by atoms with Gasteiger partial charge in [-0.2, -0.15) is 0 Å². The number of aromatic nitrogens is 3. The van der Waals surface area contributed by atoms with Gasteiger partial charge in [0.1, 0.15) is 11.3 Å². The quantitative estimate of drug-likeness (QED) is 0.631. The van der Waals surface area contributed by atoms with Gasteiger partial charge in [-0.05, 0) is 63.9 Å². The molecular formula is C21H26N4O2S. The third kappa shape index (κ3) is 4.85. The van der Waals surface area contributed by atoms with Gasteiger partial charge in [-0.25, -0.2) is 4.98 Å². The minimum Gasteiger partial charge on any atom is -0.367 e.